The molecular formula is C18H40O4Si2. The van der Waals surface area contributed by atoms with Crippen LogP contribution in [0.3, 0.4) is 0 Å². The van der Waals surface area contributed by atoms with Crippen molar-refractivity contribution in [2.45, 2.75) is 90.3 Å². The van der Waals surface area contributed by atoms with Gasteiger partial charge < -0.3 is 18.8 Å². The number of hydrogen-bond acceptors (Lipinski definition) is 4. The zero-order chi connectivity index (χ0) is 19.4. The summed E-state index contributed by atoms with van der Waals surface area (Å²) < 4.78 is 12.2. The Bertz CT molecular complexity index is 395. The lowest BCUT2D eigenvalue weighted by Crippen LogP contribution is -2.44. The molecule has 0 spiro atoms. The Morgan fingerprint density at radius 3 is 1.71 bits per heavy atom. The molecular weight excluding hydrogens is 336 g/mol. The second kappa shape index (κ2) is 8.58. The molecule has 0 aromatic carbocycles. The monoisotopic (exact) mass is 376 g/mol. The first-order valence-corrected chi connectivity index (χ1v) is 14.8. The summed E-state index contributed by atoms with van der Waals surface area (Å²) in [5, 5.41) is 10.6. The molecule has 0 aliphatic rings. The number of rotatable bonds is 9. The van der Waals surface area contributed by atoms with Crippen molar-refractivity contribution in [3.63, 3.8) is 0 Å². The molecule has 0 aromatic rings. The summed E-state index contributed by atoms with van der Waals surface area (Å²) in [6.07, 6.45) is 0.617. The van der Waals surface area contributed by atoms with Crippen LogP contribution >= 0.6 is 0 Å². The van der Waals surface area contributed by atoms with Gasteiger partial charge in [-0.1, -0.05) is 41.5 Å². The van der Waals surface area contributed by atoms with E-state index in [1.165, 1.54) is 0 Å². The van der Waals surface area contributed by atoms with Crippen molar-refractivity contribution in [2.75, 3.05) is 13.2 Å². The summed E-state index contributed by atoms with van der Waals surface area (Å²) in [6.45, 7) is 22.5. The molecule has 0 saturated carbocycles. The van der Waals surface area contributed by atoms with Crippen LogP contribution in [0, 0.1) is 5.92 Å². The minimum Gasteiger partial charge on any atom is -0.417 e. The average Bonchev–Trinajstić information content (AvgIpc) is 2.38. The van der Waals surface area contributed by atoms with Crippen LogP contribution in [0.15, 0.2) is 0 Å². The van der Waals surface area contributed by atoms with E-state index in [9.17, 15) is 9.90 Å². The maximum absolute atomic E-state index is 11.4. The predicted molar refractivity (Wildman–Crippen MR) is 106 cm³/mol. The van der Waals surface area contributed by atoms with E-state index in [1.807, 2.05) is 0 Å². The van der Waals surface area contributed by atoms with Crippen LogP contribution < -0.4 is 0 Å². The number of carbonyl (C=O) groups excluding carboxylic acids is 1. The van der Waals surface area contributed by atoms with Gasteiger partial charge in [-0.3, -0.25) is 0 Å². The molecule has 1 N–H and O–H groups in total. The molecule has 0 radical (unpaired) electrons. The van der Waals surface area contributed by atoms with Crippen LogP contribution in [0.2, 0.25) is 36.3 Å². The van der Waals surface area contributed by atoms with Crippen molar-refractivity contribution < 1.29 is 18.8 Å². The minimum atomic E-state index is -1.91. The summed E-state index contributed by atoms with van der Waals surface area (Å²) in [5.41, 5.74) is 0. The van der Waals surface area contributed by atoms with E-state index in [4.69, 9.17) is 8.85 Å². The van der Waals surface area contributed by atoms with Gasteiger partial charge in [0.05, 0.1) is 12.7 Å². The molecule has 0 rings (SSSR count). The van der Waals surface area contributed by atoms with Gasteiger partial charge in [-0.05, 0) is 42.7 Å². The van der Waals surface area contributed by atoms with Crippen molar-refractivity contribution in [3.8, 4) is 0 Å². The Kier molecular flexibility index (Phi) is 8.57. The summed E-state index contributed by atoms with van der Waals surface area (Å²) in [7, 11) is -3.73. The van der Waals surface area contributed by atoms with E-state index in [2.05, 4.69) is 67.7 Å². The van der Waals surface area contributed by atoms with Crippen molar-refractivity contribution in [2.24, 2.45) is 5.92 Å². The Balaban J connectivity index is 4.53. The molecule has 0 aromatic heterocycles. The lowest BCUT2D eigenvalue weighted by Gasteiger charge is -2.37. The molecule has 24 heavy (non-hydrogen) atoms. The fraction of sp³-hybridized carbons (Fsp3) is 0.944. The van der Waals surface area contributed by atoms with Gasteiger partial charge in [-0.2, -0.15) is 0 Å². The molecule has 0 aliphatic carbocycles. The van der Waals surface area contributed by atoms with Crippen molar-refractivity contribution in [3.05, 3.63) is 0 Å². The first kappa shape index (κ1) is 24.0. The number of aliphatic hydroxyl groups excluding tert-OH is 1. The van der Waals surface area contributed by atoms with E-state index in [1.54, 1.807) is 0 Å². The van der Waals surface area contributed by atoms with Crippen molar-refractivity contribution in [1.82, 2.24) is 0 Å². The highest BCUT2D eigenvalue weighted by atomic mass is 28.4. The third-order valence-electron chi connectivity index (χ3n) is 5.81. The van der Waals surface area contributed by atoms with E-state index in [0.29, 0.717) is 13.0 Å². The Morgan fingerprint density at radius 2 is 1.33 bits per heavy atom. The molecule has 0 bridgehead atoms. The highest BCUT2D eigenvalue weighted by molar-refractivity contribution is 6.74. The molecule has 2 atom stereocenters. The highest BCUT2D eigenvalue weighted by Crippen LogP contribution is 2.37. The molecule has 0 unspecified atom stereocenters. The van der Waals surface area contributed by atoms with Crippen LogP contribution in [0.5, 0.6) is 0 Å². The molecule has 6 heteroatoms. The molecule has 0 saturated heterocycles. The van der Waals surface area contributed by atoms with E-state index < -0.39 is 28.7 Å². The number of aldehydes is 1. The predicted octanol–water partition coefficient (Wildman–Crippen LogP) is 4.60. The fourth-order valence-electron chi connectivity index (χ4n) is 1.65. The number of aliphatic hydroxyl groups is 1. The SMILES string of the molecule is CC(C)(C)[Si](C)(C)OCC[C@H](C=O)[C@@H](O)CO[Si](C)(C)C(C)(C)C. The van der Waals surface area contributed by atoms with Gasteiger partial charge in [-0.15, -0.1) is 0 Å². The third kappa shape index (κ3) is 7.08. The van der Waals surface area contributed by atoms with E-state index in [0.717, 1.165) is 6.29 Å². The van der Waals surface area contributed by atoms with Crippen LogP contribution in [-0.2, 0) is 13.6 Å². The van der Waals surface area contributed by atoms with E-state index >= 15 is 0 Å². The first-order valence-electron chi connectivity index (χ1n) is 8.96. The molecule has 0 amide bonds. The molecule has 144 valence electrons. The summed E-state index contributed by atoms with van der Waals surface area (Å²) >= 11 is 0. The lowest BCUT2D eigenvalue weighted by molar-refractivity contribution is -0.115. The maximum Gasteiger partial charge on any atom is 0.192 e. The maximum atomic E-state index is 11.4. The third-order valence-corrected chi connectivity index (χ3v) is 14.8. The van der Waals surface area contributed by atoms with Gasteiger partial charge in [-0.25, -0.2) is 0 Å². The minimum absolute atomic E-state index is 0.0921. The quantitative estimate of drug-likeness (QED) is 0.472. The smallest absolute Gasteiger partial charge is 0.192 e. The average molecular weight is 377 g/mol. The van der Waals surface area contributed by atoms with Crippen LogP contribution in [0.25, 0.3) is 0 Å². The zero-order valence-corrected chi connectivity index (χ0v) is 19.5. The zero-order valence-electron chi connectivity index (χ0n) is 17.5. The summed E-state index contributed by atoms with van der Waals surface area (Å²) in [6, 6.07) is 0. The van der Waals surface area contributed by atoms with Gasteiger partial charge in [0.2, 0.25) is 0 Å². The molecule has 0 aliphatic heterocycles. The Hall–Kier alpha value is -0.0162. The van der Waals surface area contributed by atoms with Gasteiger partial charge in [0.25, 0.3) is 0 Å². The summed E-state index contributed by atoms with van der Waals surface area (Å²) in [5.74, 6) is -0.431. The van der Waals surface area contributed by atoms with Crippen molar-refractivity contribution >= 4 is 22.9 Å². The Labute approximate surface area is 151 Å². The first-order chi connectivity index (χ1) is 10.5. The van der Waals surface area contributed by atoms with Gasteiger partial charge in [0.15, 0.2) is 16.6 Å². The molecule has 4 nitrogen and oxygen atoms in total. The standard InChI is InChI=1S/C18H40O4Si2/c1-17(2,3)23(7,8)21-12-11-15(13-19)16(20)14-22-24(9,10)18(4,5)6/h13,15-16,20H,11-12,14H2,1-10H3/t15-,16+/m1/s1. The second-order valence-electron chi connectivity index (χ2n) is 9.84. The summed E-state index contributed by atoms with van der Waals surface area (Å²) in [4.78, 5) is 11.4. The van der Waals surface area contributed by atoms with Gasteiger partial charge >= 0.3 is 0 Å². The molecule has 0 fully saturated rings. The van der Waals surface area contributed by atoms with Crippen molar-refractivity contribution in [1.29, 1.82) is 0 Å². The van der Waals surface area contributed by atoms with Crippen LogP contribution in [0.4, 0.5) is 0 Å². The fourth-order valence-corrected chi connectivity index (χ4v) is 3.73. The largest absolute Gasteiger partial charge is 0.417 e. The number of carbonyl (C=O) groups is 1. The molecule has 0 heterocycles. The lowest BCUT2D eigenvalue weighted by atomic mass is 10.0. The highest BCUT2D eigenvalue weighted by Gasteiger charge is 2.39. The topological polar surface area (TPSA) is 55.8 Å². The Morgan fingerprint density at radius 1 is 0.917 bits per heavy atom. The van der Waals surface area contributed by atoms with Gasteiger partial charge in [0, 0.05) is 12.5 Å². The van der Waals surface area contributed by atoms with E-state index in [-0.39, 0.29) is 16.7 Å². The van der Waals surface area contributed by atoms with Gasteiger partial charge in [0.1, 0.15) is 6.29 Å². The normalized spacial score (nSPS) is 16.8. The second-order valence-corrected chi connectivity index (χ2v) is 19.5. The number of hydrogen-bond donors (Lipinski definition) is 1. The van der Waals surface area contributed by atoms with Crippen LogP contribution in [-0.4, -0.2) is 47.3 Å². The van der Waals surface area contributed by atoms with Crippen LogP contribution in [0.1, 0.15) is 48.0 Å².